The van der Waals surface area contributed by atoms with Gasteiger partial charge in [0, 0.05) is 25.2 Å². The van der Waals surface area contributed by atoms with Gasteiger partial charge in [0.25, 0.3) is 0 Å². The first-order valence-electron chi connectivity index (χ1n) is 5.73. The minimum Gasteiger partial charge on any atom is -0.311 e. The van der Waals surface area contributed by atoms with Crippen LogP contribution in [-0.2, 0) is 6.42 Å². The Morgan fingerprint density at radius 2 is 2.07 bits per heavy atom. The lowest BCUT2D eigenvalue weighted by Gasteiger charge is -2.36. The van der Waals surface area contributed by atoms with Crippen LogP contribution >= 0.6 is 0 Å². The number of piperazine rings is 1. The summed E-state index contributed by atoms with van der Waals surface area (Å²) in [6.45, 7) is 4.52. The van der Waals surface area contributed by atoms with Gasteiger partial charge in [-0.3, -0.25) is 0 Å². The Labute approximate surface area is 92.3 Å². The molecule has 15 heavy (non-hydrogen) atoms. The molecule has 1 aromatic carbocycles. The van der Waals surface area contributed by atoms with Crippen molar-refractivity contribution in [1.82, 2.24) is 10.2 Å². The van der Waals surface area contributed by atoms with Crippen molar-refractivity contribution in [3.05, 3.63) is 35.9 Å². The van der Waals surface area contributed by atoms with Gasteiger partial charge in [-0.25, -0.2) is 0 Å². The fourth-order valence-corrected chi connectivity index (χ4v) is 2.12. The van der Waals surface area contributed by atoms with Crippen LogP contribution in [0.3, 0.4) is 0 Å². The van der Waals surface area contributed by atoms with E-state index < -0.39 is 0 Å². The largest absolute Gasteiger partial charge is 0.311 e. The van der Waals surface area contributed by atoms with E-state index in [-0.39, 0.29) is 0 Å². The summed E-state index contributed by atoms with van der Waals surface area (Å²) in [7, 11) is 2.21. The molecule has 0 radical (unpaired) electrons. The summed E-state index contributed by atoms with van der Waals surface area (Å²) in [6, 6.07) is 12.0. The molecule has 0 bridgehead atoms. The molecular formula is C13H20N2. The first kappa shape index (κ1) is 10.7. The molecule has 1 saturated heterocycles. The zero-order valence-corrected chi connectivity index (χ0v) is 9.61. The van der Waals surface area contributed by atoms with Crippen molar-refractivity contribution >= 4 is 0 Å². The smallest absolute Gasteiger partial charge is 0.0236 e. The second-order valence-corrected chi connectivity index (χ2v) is 4.58. The van der Waals surface area contributed by atoms with Gasteiger partial charge in [0.05, 0.1) is 0 Å². The van der Waals surface area contributed by atoms with E-state index in [1.54, 1.807) is 0 Å². The molecule has 1 N–H and O–H groups in total. The van der Waals surface area contributed by atoms with Crippen LogP contribution in [0.25, 0.3) is 0 Å². The highest BCUT2D eigenvalue weighted by Gasteiger charge is 2.21. The average Bonchev–Trinajstić information content (AvgIpc) is 2.25. The zero-order chi connectivity index (χ0) is 10.7. The lowest BCUT2D eigenvalue weighted by Crippen LogP contribution is -2.54. The predicted octanol–water partition coefficient (Wildman–Crippen LogP) is 1.52. The molecule has 2 rings (SSSR count). The fraction of sp³-hybridized carbons (Fsp3) is 0.538. The Bertz CT molecular complexity index is 297. The zero-order valence-electron chi connectivity index (χ0n) is 9.61. The molecule has 2 heteroatoms. The second-order valence-electron chi connectivity index (χ2n) is 4.58. The lowest BCUT2D eigenvalue weighted by molar-refractivity contribution is 0.175. The summed E-state index contributed by atoms with van der Waals surface area (Å²) in [5, 5.41) is 3.61. The van der Waals surface area contributed by atoms with Crippen molar-refractivity contribution in [3.63, 3.8) is 0 Å². The molecule has 0 spiro atoms. The summed E-state index contributed by atoms with van der Waals surface area (Å²) < 4.78 is 0. The Balaban J connectivity index is 1.91. The maximum absolute atomic E-state index is 3.61. The highest BCUT2D eigenvalue weighted by molar-refractivity contribution is 5.16. The highest BCUT2D eigenvalue weighted by Crippen LogP contribution is 2.09. The van der Waals surface area contributed by atoms with E-state index in [1.165, 1.54) is 5.56 Å². The molecule has 0 saturated carbocycles. The van der Waals surface area contributed by atoms with Crippen LogP contribution in [0.1, 0.15) is 12.5 Å². The molecule has 1 aromatic rings. The van der Waals surface area contributed by atoms with Gasteiger partial charge in [0.1, 0.15) is 0 Å². The van der Waals surface area contributed by atoms with E-state index in [4.69, 9.17) is 0 Å². The first-order chi connectivity index (χ1) is 7.25. The average molecular weight is 204 g/mol. The van der Waals surface area contributed by atoms with Gasteiger partial charge in [0.15, 0.2) is 0 Å². The van der Waals surface area contributed by atoms with Crippen LogP contribution in [0.2, 0.25) is 0 Å². The van der Waals surface area contributed by atoms with E-state index in [1.807, 2.05) is 0 Å². The van der Waals surface area contributed by atoms with Crippen LogP contribution in [0, 0.1) is 0 Å². The third-order valence-electron chi connectivity index (χ3n) is 3.29. The minimum absolute atomic E-state index is 0.605. The van der Waals surface area contributed by atoms with Crippen molar-refractivity contribution in [1.29, 1.82) is 0 Å². The van der Waals surface area contributed by atoms with Crippen LogP contribution in [0.15, 0.2) is 30.3 Å². The van der Waals surface area contributed by atoms with Crippen LogP contribution in [0.4, 0.5) is 0 Å². The molecule has 1 heterocycles. The molecule has 1 aliphatic heterocycles. The molecule has 2 nitrogen and oxygen atoms in total. The van der Waals surface area contributed by atoms with Crippen molar-refractivity contribution in [2.24, 2.45) is 0 Å². The summed E-state index contributed by atoms with van der Waals surface area (Å²) >= 11 is 0. The molecule has 0 unspecified atom stereocenters. The van der Waals surface area contributed by atoms with Gasteiger partial charge in [-0.1, -0.05) is 30.3 Å². The number of hydrogen-bond donors (Lipinski definition) is 1. The number of benzene rings is 1. The number of nitrogens with zero attached hydrogens (tertiary/aromatic N) is 1. The van der Waals surface area contributed by atoms with Crippen LogP contribution in [-0.4, -0.2) is 37.1 Å². The number of rotatable bonds is 2. The Hall–Kier alpha value is -0.860. The fourth-order valence-electron chi connectivity index (χ4n) is 2.12. The van der Waals surface area contributed by atoms with Crippen LogP contribution in [0.5, 0.6) is 0 Å². The Kier molecular flexibility index (Phi) is 3.39. The summed E-state index contributed by atoms with van der Waals surface area (Å²) in [6.07, 6.45) is 1.14. The highest BCUT2D eigenvalue weighted by atomic mass is 15.2. The third-order valence-corrected chi connectivity index (χ3v) is 3.29. The minimum atomic E-state index is 0.605. The van der Waals surface area contributed by atoms with Gasteiger partial charge >= 0.3 is 0 Å². The summed E-state index contributed by atoms with van der Waals surface area (Å²) in [5.41, 5.74) is 1.43. The van der Waals surface area contributed by atoms with Gasteiger partial charge in [-0.2, -0.15) is 0 Å². The van der Waals surface area contributed by atoms with E-state index in [2.05, 4.69) is 54.5 Å². The van der Waals surface area contributed by atoms with Gasteiger partial charge in [-0.15, -0.1) is 0 Å². The standard InChI is InChI=1S/C13H20N2/c1-11-9-14-13(10-15(11)2)8-12-6-4-3-5-7-12/h3-7,11,13-14H,8-10H2,1-2H3/t11-,13+/m1/s1. The SMILES string of the molecule is C[C@@H]1CN[C@@H](Cc2ccccc2)CN1C. The Morgan fingerprint density at radius 1 is 1.33 bits per heavy atom. The van der Waals surface area contributed by atoms with E-state index in [9.17, 15) is 0 Å². The molecular weight excluding hydrogens is 184 g/mol. The maximum Gasteiger partial charge on any atom is 0.0236 e. The molecule has 0 aromatic heterocycles. The monoisotopic (exact) mass is 204 g/mol. The molecule has 1 fully saturated rings. The first-order valence-corrected chi connectivity index (χ1v) is 5.73. The molecule has 2 atom stereocenters. The molecule has 1 aliphatic rings. The van der Waals surface area contributed by atoms with Crippen molar-refractivity contribution < 1.29 is 0 Å². The van der Waals surface area contributed by atoms with Crippen molar-refractivity contribution in [3.8, 4) is 0 Å². The molecule has 0 aliphatic carbocycles. The molecule has 82 valence electrons. The lowest BCUT2D eigenvalue weighted by atomic mass is 10.0. The van der Waals surface area contributed by atoms with Gasteiger partial charge in [-0.05, 0) is 26.0 Å². The predicted molar refractivity (Wildman–Crippen MR) is 64.0 cm³/mol. The third kappa shape index (κ3) is 2.80. The second kappa shape index (κ2) is 4.77. The van der Waals surface area contributed by atoms with Gasteiger partial charge < -0.3 is 10.2 Å². The van der Waals surface area contributed by atoms with Crippen LogP contribution < -0.4 is 5.32 Å². The normalized spacial score (nSPS) is 27.9. The number of nitrogens with one attached hydrogen (secondary N) is 1. The quantitative estimate of drug-likeness (QED) is 0.786. The van der Waals surface area contributed by atoms with E-state index >= 15 is 0 Å². The number of likely N-dealkylation sites (N-methyl/N-ethyl adjacent to an activating group) is 1. The van der Waals surface area contributed by atoms with E-state index in [0.717, 1.165) is 19.5 Å². The summed E-state index contributed by atoms with van der Waals surface area (Å²) in [5.74, 6) is 0. The van der Waals surface area contributed by atoms with E-state index in [0.29, 0.717) is 12.1 Å². The van der Waals surface area contributed by atoms with Crippen molar-refractivity contribution in [2.45, 2.75) is 25.4 Å². The topological polar surface area (TPSA) is 15.3 Å². The number of hydrogen-bond acceptors (Lipinski definition) is 2. The molecule has 0 amide bonds. The maximum atomic E-state index is 3.61. The summed E-state index contributed by atoms with van der Waals surface area (Å²) in [4.78, 5) is 2.43. The van der Waals surface area contributed by atoms with Gasteiger partial charge in [0.2, 0.25) is 0 Å². The van der Waals surface area contributed by atoms with Crippen molar-refractivity contribution in [2.75, 3.05) is 20.1 Å². The Morgan fingerprint density at radius 3 is 2.73 bits per heavy atom.